The van der Waals surface area contributed by atoms with Crippen LogP contribution in [0.3, 0.4) is 0 Å². The molecule has 0 spiro atoms. The topological polar surface area (TPSA) is 46.2 Å². The normalized spacial score (nSPS) is 34.7. The van der Waals surface area contributed by atoms with Gasteiger partial charge in [0.15, 0.2) is 6.29 Å². The van der Waals surface area contributed by atoms with Gasteiger partial charge in [-0.2, -0.15) is 0 Å². The molecule has 0 amide bonds. The minimum Gasteiger partial charge on any atom is -0.401 e. The molecule has 0 aromatic heterocycles. The molecule has 0 radical (unpaired) electrons. The average molecular weight is 326 g/mol. The van der Waals surface area contributed by atoms with Crippen LogP contribution < -0.4 is 0 Å². The third kappa shape index (κ3) is 3.61. The standard InChI is InChI=1S/C17H31BO5/c1-15(2)16(3,4)23-18(22-15)17(9-5-6-13-21-17)10-8-14-19-11-7-12-20-14/h14H,5-13H2,1-4H3/t17-/m1/s1. The number of hydrogen-bond donors (Lipinski definition) is 0. The second kappa shape index (κ2) is 6.64. The minimum atomic E-state index is -0.381. The number of ether oxygens (including phenoxy) is 3. The summed E-state index contributed by atoms with van der Waals surface area (Å²) in [6.45, 7) is 10.7. The van der Waals surface area contributed by atoms with E-state index in [1.54, 1.807) is 0 Å². The second-order valence-corrected chi connectivity index (χ2v) is 8.02. The molecule has 0 aromatic carbocycles. The SMILES string of the molecule is CC1(C)OB([C@]2(CCC3OCCCO3)CCCCO2)OC1(C)C. The molecule has 3 aliphatic rings. The van der Waals surface area contributed by atoms with E-state index in [4.69, 9.17) is 23.5 Å². The number of hydrogen-bond acceptors (Lipinski definition) is 5. The zero-order valence-corrected chi connectivity index (χ0v) is 15.1. The molecule has 3 fully saturated rings. The Hall–Kier alpha value is -0.135. The molecule has 0 N–H and O–H groups in total. The summed E-state index contributed by atoms with van der Waals surface area (Å²) < 4.78 is 30.3. The van der Waals surface area contributed by atoms with Gasteiger partial charge in [-0.15, -0.1) is 0 Å². The highest BCUT2D eigenvalue weighted by Gasteiger charge is 2.60. The van der Waals surface area contributed by atoms with Crippen molar-refractivity contribution in [3.05, 3.63) is 0 Å². The highest BCUT2D eigenvalue weighted by molar-refractivity contribution is 6.49. The van der Waals surface area contributed by atoms with Gasteiger partial charge < -0.3 is 23.5 Å². The second-order valence-electron chi connectivity index (χ2n) is 8.02. The Kier molecular flexibility index (Phi) is 5.10. The molecule has 0 saturated carbocycles. The lowest BCUT2D eigenvalue weighted by Gasteiger charge is -2.39. The first-order valence-corrected chi connectivity index (χ1v) is 9.08. The highest BCUT2D eigenvalue weighted by Crippen LogP contribution is 2.44. The molecule has 23 heavy (non-hydrogen) atoms. The Morgan fingerprint density at radius 2 is 1.52 bits per heavy atom. The molecule has 1 atom stereocenters. The summed E-state index contributed by atoms with van der Waals surface area (Å²) in [4.78, 5) is 0. The Morgan fingerprint density at radius 1 is 0.870 bits per heavy atom. The van der Waals surface area contributed by atoms with Gasteiger partial charge >= 0.3 is 7.12 Å². The summed E-state index contributed by atoms with van der Waals surface area (Å²) in [7, 11) is -0.323. The zero-order chi connectivity index (χ0) is 16.6. The highest BCUT2D eigenvalue weighted by atomic mass is 16.7. The van der Waals surface area contributed by atoms with Gasteiger partial charge in [0, 0.05) is 13.0 Å². The largest absolute Gasteiger partial charge is 0.492 e. The Morgan fingerprint density at radius 3 is 2.09 bits per heavy atom. The molecular formula is C17H31BO5. The van der Waals surface area contributed by atoms with Crippen LogP contribution in [-0.2, 0) is 23.5 Å². The zero-order valence-electron chi connectivity index (χ0n) is 15.1. The Labute approximate surface area is 140 Å². The molecule has 3 rings (SSSR count). The third-order valence-corrected chi connectivity index (χ3v) is 5.77. The average Bonchev–Trinajstić information content (AvgIpc) is 2.76. The maximum absolute atomic E-state index is 6.32. The van der Waals surface area contributed by atoms with E-state index in [0.717, 1.165) is 58.3 Å². The van der Waals surface area contributed by atoms with Gasteiger partial charge in [-0.3, -0.25) is 0 Å². The first-order valence-electron chi connectivity index (χ1n) is 9.08. The van der Waals surface area contributed by atoms with Gasteiger partial charge in [-0.05, 0) is 59.8 Å². The van der Waals surface area contributed by atoms with Crippen LogP contribution in [0.25, 0.3) is 0 Å². The fourth-order valence-electron chi connectivity index (χ4n) is 3.50. The van der Waals surface area contributed by atoms with Crippen molar-refractivity contribution in [1.82, 2.24) is 0 Å². The van der Waals surface area contributed by atoms with Crippen LogP contribution in [0, 0.1) is 0 Å². The summed E-state index contributed by atoms with van der Waals surface area (Å²) in [5.41, 5.74) is -1.04. The smallest absolute Gasteiger partial charge is 0.401 e. The van der Waals surface area contributed by atoms with E-state index in [1.165, 1.54) is 0 Å². The Balaban J connectivity index is 1.69. The molecule has 6 heteroatoms. The fraction of sp³-hybridized carbons (Fsp3) is 1.00. The van der Waals surface area contributed by atoms with Gasteiger partial charge in [0.1, 0.15) is 5.50 Å². The van der Waals surface area contributed by atoms with E-state index in [-0.39, 0.29) is 30.1 Å². The van der Waals surface area contributed by atoms with Gasteiger partial charge in [-0.1, -0.05) is 0 Å². The lowest BCUT2D eigenvalue weighted by molar-refractivity contribution is -0.187. The summed E-state index contributed by atoms with van der Waals surface area (Å²) in [6, 6.07) is 0. The van der Waals surface area contributed by atoms with Crippen LogP contribution in [0.5, 0.6) is 0 Å². The van der Waals surface area contributed by atoms with Gasteiger partial charge in [0.2, 0.25) is 0 Å². The molecule has 0 aromatic rings. The van der Waals surface area contributed by atoms with Crippen LogP contribution in [0.4, 0.5) is 0 Å². The van der Waals surface area contributed by atoms with Crippen molar-refractivity contribution in [2.24, 2.45) is 0 Å². The lowest BCUT2D eigenvalue weighted by Crippen LogP contribution is -2.53. The van der Waals surface area contributed by atoms with Crippen LogP contribution in [0.1, 0.15) is 66.2 Å². The van der Waals surface area contributed by atoms with E-state index in [9.17, 15) is 0 Å². The van der Waals surface area contributed by atoms with Crippen molar-refractivity contribution in [3.8, 4) is 0 Å². The van der Waals surface area contributed by atoms with E-state index < -0.39 is 0 Å². The first kappa shape index (κ1) is 17.7. The summed E-state index contributed by atoms with van der Waals surface area (Å²) in [5.74, 6) is 0. The van der Waals surface area contributed by atoms with E-state index >= 15 is 0 Å². The molecule has 3 heterocycles. The van der Waals surface area contributed by atoms with Gasteiger partial charge in [0.05, 0.1) is 24.4 Å². The van der Waals surface area contributed by atoms with Crippen LogP contribution in [0.15, 0.2) is 0 Å². The molecule has 3 saturated heterocycles. The maximum Gasteiger partial charge on any atom is 0.492 e. The molecular weight excluding hydrogens is 295 g/mol. The molecule has 3 aliphatic heterocycles. The van der Waals surface area contributed by atoms with Crippen molar-refractivity contribution in [3.63, 3.8) is 0 Å². The summed E-state index contributed by atoms with van der Waals surface area (Å²) in [5, 5.41) is 0. The molecule has 5 nitrogen and oxygen atoms in total. The van der Waals surface area contributed by atoms with Crippen LogP contribution >= 0.6 is 0 Å². The van der Waals surface area contributed by atoms with E-state index in [2.05, 4.69) is 27.7 Å². The molecule has 0 bridgehead atoms. The summed E-state index contributed by atoms with van der Waals surface area (Å²) in [6.07, 6.45) is 5.76. The van der Waals surface area contributed by atoms with Gasteiger partial charge in [0.25, 0.3) is 0 Å². The monoisotopic (exact) mass is 326 g/mol. The van der Waals surface area contributed by atoms with Crippen molar-refractivity contribution >= 4 is 7.12 Å². The van der Waals surface area contributed by atoms with Crippen molar-refractivity contribution < 1.29 is 23.5 Å². The predicted molar refractivity (Wildman–Crippen MR) is 88.2 cm³/mol. The van der Waals surface area contributed by atoms with Gasteiger partial charge in [-0.25, -0.2) is 0 Å². The predicted octanol–water partition coefficient (Wildman–Crippen LogP) is 3.10. The summed E-state index contributed by atoms with van der Waals surface area (Å²) >= 11 is 0. The lowest BCUT2D eigenvalue weighted by atomic mass is 9.61. The quantitative estimate of drug-likeness (QED) is 0.743. The molecule has 0 unspecified atom stereocenters. The molecule has 0 aliphatic carbocycles. The van der Waals surface area contributed by atoms with Crippen molar-refractivity contribution in [2.75, 3.05) is 19.8 Å². The van der Waals surface area contributed by atoms with E-state index in [1.807, 2.05) is 0 Å². The maximum atomic E-state index is 6.32. The fourth-order valence-corrected chi connectivity index (χ4v) is 3.50. The van der Waals surface area contributed by atoms with Crippen LogP contribution in [-0.4, -0.2) is 49.9 Å². The molecule has 132 valence electrons. The first-order chi connectivity index (χ1) is 10.8. The Bertz CT molecular complexity index is 384. The van der Waals surface area contributed by atoms with Crippen molar-refractivity contribution in [2.45, 2.75) is 89.2 Å². The third-order valence-electron chi connectivity index (χ3n) is 5.77. The van der Waals surface area contributed by atoms with Crippen molar-refractivity contribution in [1.29, 1.82) is 0 Å². The minimum absolute atomic E-state index is 0.117. The number of rotatable bonds is 4. The van der Waals surface area contributed by atoms with E-state index in [0.29, 0.717) is 0 Å². The van der Waals surface area contributed by atoms with Crippen LogP contribution in [0.2, 0.25) is 0 Å².